The van der Waals surface area contributed by atoms with Gasteiger partial charge in [-0.15, -0.1) is 0 Å². The van der Waals surface area contributed by atoms with Gasteiger partial charge in [-0.3, -0.25) is 10.2 Å². The van der Waals surface area contributed by atoms with Crippen LogP contribution in [0.15, 0.2) is 22.7 Å². The van der Waals surface area contributed by atoms with Crippen LogP contribution in [0.5, 0.6) is 0 Å². The maximum atomic E-state index is 13.6. The summed E-state index contributed by atoms with van der Waals surface area (Å²) < 4.78 is 44.8. The lowest BCUT2D eigenvalue weighted by atomic mass is 9.79. The van der Waals surface area contributed by atoms with E-state index in [0.717, 1.165) is 6.26 Å². The summed E-state index contributed by atoms with van der Waals surface area (Å²) >= 11 is 3.14. The van der Waals surface area contributed by atoms with Crippen molar-refractivity contribution in [2.75, 3.05) is 6.26 Å². The van der Waals surface area contributed by atoms with E-state index in [-0.39, 0.29) is 17.3 Å². The molecule has 2 atom stereocenters. The molecule has 1 aromatic rings. The molecule has 0 heterocycles. The van der Waals surface area contributed by atoms with Crippen LogP contribution in [0.25, 0.3) is 0 Å². The maximum Gasteiger partial charge on any atom is 0.426 e. The zero-order valence-electron chi connectivity index (χ0n) is 17.3. The van der Waals surface area contributed by atoms with Crippen LogP contribution in [-0.2, 0) is 26.0 Å². The average Bonchev–Trinajstić information content (AvgIpc) is 2.96. The van der Waals surface area contributed by atoms with Crippen molar-refractivity contribution >= 4 is 38.0 Å². The molecule has 0 aliphatic heterocycles. The smallest absolute Gasteiger partial charge is 0.426 e. The molecule has 0 radical (unpaired) electrons. The van der Waals surface area contributed by atoms with Crippen molar-refractivity contribution in [2.45, 2.75) is 58.1 Å². The number of carbonyl (C=O) groups excluding carboxylic acids is 2. The third-order valence-electron chi connectivity index (χ3n) is 4.67. The predicted octanol–water partition coefficient (Wildman–Crippen LogP) is 2.77. The second kappa shape index (κ2) is 9.19. The van der Waals surface area contributed by atoms with E-state index in [4.69, 9.17) is 4.74 Å². The molecule has 0 bridgehead atoms. The van der Waals surface area contributed by atoms with Gasteiger partial charge in [0.2, 0.25) is 15.9 Å². The maximum absolute atomic E-state index is 13.6. The Labute approximate surface area is 184 Å². The van der Waals surface area contributed by atoms with Crippen molar-refractivity contribution in [1.29, 1.82) is 0 Å². The first-order valence-corrected chi connectivity index (χ1v) is 12.1. The van der Waals surface area contributed by atoms with Gasteiger partial charge >= 0.3 is 6.09 Å². The fraction of sp³-hybridized carbons (Fsp3) is 0.579. The zero-order valence-corrected chi connectivity index (χ0v) is 19.7. The number of benzene rings is 1. The van der Waals surface area contributed by atoms with Crippen LogP contribution in [0.1, 0.15) is 45.6 Å². The van der Waals surface area contributed by atoms with Crippen molar-refractivity contribution in [3.63, 3.8) is 0 Å². The minimum atomic E-state index is -3.44. The molecule has 1 aliphatic rings. The SMILES string of the molecule is CC(C)(C)OC(=O)NNC(=O)[C@@]1(Cc2ccc(F)c(Br)c2)CCC(NS(C)(=O)=O)C1. The van der Waals surface area contributed by atoms with Crippen molar-refractivity contribution in [3.05, 3.63) is 34.1 Å². The number of amides is 2. The molecule has 8 nitrogen and oxygen atoms in total. The summed E-state index contributed by atoms with van der Waals surface area (Å²) in [6, 6.07) is 4.04. The molecule has 1 saturated carbocycles. The van der Waals surface area contributed by atoms with Crippen molar-refractivity contribution < 1.29 is 27.1 Å². The van der Waals surface area contributed by atoms with Crippen LogP contribution in [0.2, 0.25) is 0 Å². The fourth-order valence-electron chi connectivity index (χ4n) is 3.56. The van der Waals surface area contributed by atoms with Gasteiger partial charge in [0, 0.05) is 6.04 Å². The molecule has 2 rings (SSSR count). The Bertz CT molecular complexity index is 919. The first-order valence-electron chi connectivity index (χ1n) is 9.40. The lowest BCUT2D eigenvalue weighted by molar-refractivity contribution is -0.132. The number of hydrazine groups is 1. The minimum absolute atomic E-state index is 0.233. The molecule has 3 N–H and O–H groups in total. The van der Waals surface area contributed by atoms with Gasteiger partial charge < -0.3 is 4.74 Å². The van der Waals surface area contributed by atoms with Crippen molar-refractivity contribution in [1.82, 2.24) is 15.6 Å². The third kappa shape index (κ3) is 7.21. The minimum Gasteiger partial charge on any atom is -0.443 e. The van der Waals surface area contributed by atoms with Crippen LogP contribution >= 0.6 is 15.9 Å². The van der Waals surface area contributed by atoms with E-state index in [0.29, 0.717) is 18.4 Å². The quantitative estimate of drug-likeness (QED) is 0.530. The lowest BCUT2D eigenvalue weighted by Gasteiger charge is -2.29. The zero-order chi connectivity index (χ0) is 22.7. The molecule has 30 heavy (non-hydrogen) atoms. The van der Waals surface area contributed by atoms with Crippen LogP contribution in [-0.4, -0.2) is 38.3 Å². The highest BCUT2D eigenvalue weighted by molar-refractivity contribution is 9.10. The van der Waals surface area contributed by atoms with Crippen LogP contribution in [0, 0.1) is 11.2 Å². The number of rotatable bonds is 5. The number of hydrogen-bond donors (Lipinski definition) is 3. The molecule has 0 aromatic heterocycles. The summed E-state index contributed by atoms with van der Waals surface area (Å²) in [4.78, 5) is 24.9. The second-order valence-corrected chi connectivity index (χ2v) is 11.3. The normalized spacial score (nSPS) is 21.9. The number of carbonyl (C=O) groups is 2. The Kier molecular flexibility index (Phi) is 7.52. The topological polar surface area (TPSA) is 114 Å². The van der Waals surface area contributed by atoms with Crippen molar-refractivity contribution in [2.24, 2.45) is 5.41 Å². The number of sulfonamides is 1. The highest BCUT2D eigenvalue weighted by Crippen LogP contribution is 2.42. The highest BCUT2D eigenvalue weighted by Gasteiger charge is 2.46. The van der Waals surface area contributed by atoms with Gasteiger partial charge in [0.05, 0.1) is 16.1 Å². The molecule has 1 fully saturated rings. The Balaban J connectivity index is 2.19. The van der Waals surface area contributed by atoms with Gasteiger partial charge in [-0.25, -0.2) is 27.8 Å². The van der Waals surface area contributed by atoms with Gasteiger partial charge in [0.25, 0.3) is 0 Å². The van der Waals surface area contributed by atoms with E-state index in [2.05, 4.69) is 31.5 Å². The van der Waals surface area contributed by atoms with E-state index < -0.39 is 44.9 Å². The van der Waals surface area contributed by atoms with Gasteiger partial charge in [-0.1, -0.05) is 6.07 Å². The Hall–Kier alpha value is -1.72. The fourth-order valence-corrected chi connectivity index (χ4v) is 4.79. The molecule has 11 heteroatoms. The molecule has 0 spiro atoms. The molecule has 1 aromatic carbocycles. The van der Waals surface area contributed by atoms with Crippen molar-refractivity contribution in [3.8, 4) is 0 Å². The Morgan fingerprint density at radius 1 is 1.30 bits per heavy atom. The van der Waals surface area contributed by atoms with Crippen LogP contribution in [0.4, 0.5) is 9.18 Å². The number of nitrogens with one attached hydrogen (secondary N) is 3. The highest BCUT2D eigenvalue weighted by atomic mass is 79.9. The summed E-state index contributed by atoms with van der Waals surface area (Å²) in [5.74, 6) is -0.890. The van der Waals surface area contributed by atoms with Gasteiger partial charge in [0.15, 0.2) is 0 Å². The summed E-state index contributed by atoms with van der Waals surface area (Å²) in [6.45, 7) is 5.09. The first-order chi connectivity index (χ1) is 13.7. The Morgan fingerprint density at radius 3 is 2.53 bits per heavy atom. The third-order valence-corrected chi connectivity index (χ3v) is 6.04. The Morgan fingerprint density at radius 2 is 1.97 bits per heavy atom. The molecule has 2 amide bonds. The molecule has 1 unspecified atom stereocenters. The van der Waals surface area contributed by atoms with E-state index in [1.165, 1.54) is 6.07 Å². The number of halogens is 2. The second-order valence-electron chi connectivity index (χ2n) is 8.62. The molecule has 168 valence electrons. The summed E-state index contributed by atoms with van der Waals surface area (Å²) in [5.41, 5.74) is 3.61. The standard InChI is InChI=1S/C19H27BrFN3O5S/c1-18(2,3)29-17(26)23-22-16(25)19(8-7-13(11-19)24-30(4,27)28)10-12-5-6-15(21)14(20)9-12/h5-6,9,13,24H,7-8,10-11H2,1-4H3,(H,22,25)(H,23,26)/t13?,19-/m1/s1. The van der Waals surface area contributed by atoms with Gasteiger partial charge in [0.1, 0.15) is 11.4 Å². The van der Waals surface area contributed by atoms with Gasteiger partial charge in [-0.2, -0.15) is 0 Å². The van der Waals surface area contributed by atoms with E-state index in [9.17, 15) is 22.4 Å². The predicted molar refractivity (Wildman–Crippen MR) is 113 cm³/mol. The number of hydrogen-bond acceptors (Lipinski definition) is 5. The molecule has 1 aliphatic carbocycles. The monoisotopic (exact) mass is 507 g/mol. The van der Waals surface area contributed by atoms with E-state index in [1.807, 2.05) is 0 Å². The lowest BCUT2D eigenvalue weighted by Crippen LogP contribution is -2.51. The summed E-state index contributed by atoms with van der Waals surface area (Å²) in [5, 5.41) is 0. The van der Waals surface area contributed by atoms with Crippen LogP contribution in [0.3, 0.4) is 0 Å². The molecule has 0 saturated heterocycles. The van der Waals surface area contributed by atoms with E-state index in [1.54, 1.807) is 32.9 Å². The van der Waals surface area contributed by atoms with E-state index >= 15 is 0 Å². The summed E-state index contributed by atoms with van der Waals surface area (Å²) in [7, 11) is -3.44. The first kappa shape index (κ1) is 24.5. The van der Waals surface area contributed by atoms with Gasteiger partial charge in [-0.05, 0) is 80.1 Å². The largest absolute Gasteiger partial charge is 0.443 e. The molecular formula is C19H27BrFN3O5S. The van der Waals surface area contributed by atoms with Crippen LogP contribution < -0.4 is 15.6 Å². The molecular weight excluding hydrogens is 481 g/mol. The average molecular weight is 508 g/mol. The summed E-state index contributed by atoms with van der Waals surface area (Å²) in [6.07, 6.45) is 1.58. The number of ether oxygens (including phenoxy) is 1.